The Kier molecular flexibility index (Phi) is 6.40. The minimum Gasteiger partial charge on any atom is -0.491 e. The highest BCUT2D eigenvalue weighted by Gasteiger charge is 2.55. The number of aliphatic hydroxyl groups is 1. The number of pyridine rings is 1. The Bertz CT molecular complexity index is 1360. The SMILES string of the molecule is NCCOc1ccc(-c2ccc(N3CCN(C(=O)NC4C5CC6CC4CC(O)(C6)C5)c4ccccc43)cc2)nc1. The van der Waals surface area contributed by atoms with E-state index in [-0.39, 0.29) is 12.1 Å². The van der Waals surface area contributed by atoms with Crippen LogP contribution in [0.1, 0.15) is 32.1 Å². The third-order valence-electron chi connectivity index (χ3n) is 9.38. The van der Waals surface area contributed by atoms with Gasteiger partial charge in [-0.25, -0.2) is 4.79 Å². The Morgan fingerprint density at radius 1 is 1.00 bits per heavy atom. The summed E-state index contributed by atoms with van der Waals surface area (Å²) in [6, 6.07) is 20.6. The lowest BCUT2D eigenvalue weighted by molar-refractivity contribution is -0.136. The van der Waals surface area contributed by atoms with Crippen LogP contribution in [0, 0.1) is 17.8 Å². The first kappa shape index (κ1) is 25.4. The molecule has 4 bridgehead atoms. The number of urea groups is 1. The summed E-state index contributed by atoms with van der Waals surface area (Å²) >= 11 is 0. The van der Waals surface area contributed by atoms with Crippen molar-refractivity contribution in [1.82, 2.24) is 10.3 Å². The van der Waals surface area contributed by atoms with Crippen LogP contribution in [0.3, 0.4) is 0 Å². The summed E-state index contributed by atoms with van der Waals surface area (Å²) in [6.07, 6.45) is 6.59. The molecule has 2 aromatic carbocycles. The van der Waals surface area contributed by atoms with Crippen LogP contribution in [0.25, 0.3) is 11.3 Å². The van der Waals surface area contributed by atoms with Crippen LogP contribution in [0.15, 0.2) is 66.9 Å². The van der Waals surface area contributed by atoms with Crippen LogP contribution in [0.4, 0.5) is 21.9 Å². The summed E-state index contributed by atoms with van der Waals surface area (Å²) in [5.74, 6) is 2.11. The minimum atomic E-state index is -0.496. The van der Waals surface area contributed by atoms with E-state index in [1.165, 1.54) is 0 Å². The summed E-state index contributed by atoms with van der Waals surface area (Å²) in [5, 5.41) is 14.4. The molecule has 1 aliphatic heterocycles. The number of nitrogens with one attached hydrogen (secondary N) is 1. The molecule has 4 N–H and O–H groups in total. The third kappa shape index (κ3) is 4.59. The first-order valence-corrected chi connectivity index (χ1v) is 14.6. The highest BCUT2D eigenvalue weighted by molar-refractivity contribution is 5.98. The van der Waals surface area contributed by atoms with Gasteiger partial charge in [0.25, 0.3) is 0 Å². The molecule has 4 aliphatic carbocycles. The van der Waals surface area contributed by atoms with E-state index in [4.69, 9.17) is 10.5 Å². The molecule has 1 aromatic heterocycles. The van der Waals surface area contributed by atoms with Gasteiger partial charge in [-0.3, -0.25) is 9.88 Å². The number of rotatable bonds is 6. The molecule has 3 aromatic rings. The highest BCUT2D eigenvalue weighted by Crippen LogP contribution is 2.55. The average molecular weight is 540 g/mol. The number of para-hydroxylation sites is 2. The number of nitrogens with two attached hydrogens (primary N) is 1. The zero-order valence-electron chi connectivity index (χ0n) is 22.7. The van der Waals surface area contributed by atoms with Crippen molar-refractivity contribution < 1.29 is 14.6 Å². The normalized spacial score (nSPS) is 28.4. The summed E-state index contributed by atoms with van der Waals surface area (Å²) in [7, 11) is 0. The van der Waals surface area contributed by atoms with Gasteiger partial charge in [0, 0.05) is 36.9 Å². The molecule has 2 atom stereocenters. The summed E-state index contributed by atoms with van der Waals surface area (Å²) in [5.41, 5.74) is 9.95. The van der Waals surface area contributed by atoms with Crippen LogP contribution in [0.2, 0.25) is 0 Å². The quantitative estimate of drug-likeness (QED) is 0.420. The number of carbonyl (C=O) groups is 1. The van der Waals surface area contributed by atoms with Gasteiger partial charge in [-0.2, -0.15) is 0 Å². The van der Waals surface area contributed by atoms with Gasteiger partial charge >= 0.3 is 6.03 Å². The Balaban J connectivity index is 1.07. The van der Waals surface area contributed by atoms with E-state index < -0.39 is 5.60 Å². The first-order chi connectivity index (χ1) is 19.5. The molecule has 2 heterocycles. The van der Waals surface area contributed by atoms with E-state index in [1.807, 2.05) is 35.2 Å². The minimum absolute atomic E-state index is 0.0168. The van der Waals surface area contributed by atoms with Gasteiger partial charge in [0.15, 0.2) is 0 Å². The first-order valence-electron chi connectivity index (χ1n) is 14.6. The van der Waals surface area contributed by atoms with Gasteiger partial charge in [0.2, 0.25) is 0 Å². The molecule has 4 saturated carbocycles. The zero-order chi connectivity index (χ0) is 27.3. The molecule has 0 radical (unpaired) electrons. The van der Waals surface area contributed by atoms with Crippen LogP contribution < -0.4 is 25.6 Å². The smallest absolute Gasteiger partial charge is 0.322 e. The van der Waals surface area contributed by atoms with Crippen molar-refractivity contribution >= 4 is 23.1 Å². The Morgan fingerprint density at radius 3 is 2.42 bits per heavy atom. The topological polar surface area (TPSA) is 104 Å². The monoisotopic (exact) mass is 539 g/mol. The van der Waals surface area contributed by atoms with E-state index in [0.29, 0.717) is 49.7 Å². The maximum Gasteiger partial charge on any atom is 0.322 e. The summed E-state index contributed by atoms with van der Waals surface area (Å²) in [6.45, 7) is 2.25. The molecular formula is C32H37N5O3. The fourth-order valence-electron chi connectivity index (χ4n) is 7.90. The number of benzene rings is 2. The molecule has 2 unspecified atom stereocenters. The molecule has 5 aliphatic rings. The zero-order valence-corrected chi connectivity index (χ0v) is 22.7. The number of nitrogens with zero attached hydrogens (tertiary/aromatic N) is 3. The Labute approximate surface area is 235 Å². The van der Waals surface area contributed by atoms with Gasteiger partial charge in [-0.05, 0) is 86.3 Å². The predicted molar refractivity (Wildman–Crippen MR) is 156 cm³/mol. The number of carbonyl (C=O) groups excluding carboxylic acids is 1. The van der Waals surface area contributed by atoms with Crippen LogP contribution in [-0.4, -0.2) is 54.0 Å². The number of aromatic nitrogens is 1. The number of hydrogen-bond acceptors (Lipinski definition) is 6. The lowest BCUT2D eigenvalue weighted by Crippen LogP contribution is -2.63. The van der Waals surface area contributed by atoms with E-state index >= 15 is 0 Å². The van der Waals surface area contributed by atoms with E-state index in [0.717, 1.165) is 60.4 Å². The van der Waals surface area contributed by atoms with Gasteiger partial charge in [-0.1, -0.05) is 24.3 Å². The maximum atomic E-state index is 13.7. The summed E-state index contributed by atoms with van der Waals surface area (Å²) in [4.78, 5) is 22.4. The number of fused-ring (bicyclic) bond motifs is 1. The van der Waals surface area contributed by atoms with Crippen molar-refractivity contribution in [1.29, 1.82) is 0 Å². The van der Waals surface area contributed by atoms with Crippen LogP contribution in [0.5, 0.6) is 5.75 Å². The van der Waals surface area contributed by atoms with Gasteiger partial charge in [0.05, 0.1) is 28.9 Å². The Morgan fingerprint density at radius 2 is 1.75 bits per heavy atom. The summed E-state index contributed by atoms with van der Waals surface area (Å²) < 4.78 is 5.54. The number of hydrogen-bond donors (Lipinski definition) is 3. The second-order valence-corrected chi connectivity index (χ2v) is 12.0. The van der Waals surface area contributed by atoms with E-state index in [9.17, 15) is 9.90 Å². The second kappa shape index (κ2) is 10.1. The van der Waals surface area contributed by atoms with Gasteiger partial charge in [-0.15, -0.1) is 0 Å². The predicted octanol–water partition coefficient (Wildman–Crippen LogP) is 4.69. The molecule has 2 amide bonds. The van der Waals surface area contributed by atoms with Crippen molar-refractivity contribution in [2.45, 2.75) is 43.7 Å². The fraction of sp³-hybridized carbons (Fsp3) is 0.438. The van der Waals surface area contributed by atoms with Crippen molar-refractivity contribution in [2.24, 2.45) is 23.5 Å². The lowest BCUT2D eigenvalue weighted by atomic mass is 9.52. The van der Waals surface area contributed by atoms with Crippen LogP contribution >= 0.6 is 0 Å². The average Bonchev–Trinajstić information content (AvgIpc) is 2.97. The highest BCUT2D eigenvalue weighted by atomic mass is 16.5. The van der Waals surface area contributed by atoms with Crippen molar-refractivity contribution in [2.75, 3.05) is 36.0 Å². The van der Waals surface area contributed by atoms with Gasteiger partial charge in [0.1, 0.15) is 12.4 Å². The third-order valence-corrected chi connectivity index (χ3v) is 9.38. The number of ether oxygens (including phenoxy) is 1. The molecule has 208 valence electrons. The molecule has 0 saturated heterocycles. The number of anilines is 3. The standard InChI is InChI=1S/C32H37N5O3/c33-11-14-40-26-9-10-27(34-20-26)22-5-7-25(8-6-22)36-12-13-37(29-4-2-1-3-28(29)36)31(38)35-30-23-15-21-16-24(30)19-32(39,17-21)18-23/h1-10,20-21,23-24,30,39H,11-19,33H2,(H,35,38). The maximum absolute atomic E-state index is 13.7. The lowest BCUT2D eigenvalue weighted by Gasteiger charge is -2.58. The van der Waals surface area contributed by atoms with Crippen molar-refractivity contribution in [3.63, 3.8) is 0 Å². The second-order valence-electron chi connectivity index (χ2n) is 12.0. The van der Waals surface area contributed by atoms with E-state index in [2.05, 4.69) is 45.5 Å². The van der Waals surface area contributed by atoms with Crippen molar-refractivity contribution in [3.8, 4) is 17.0 Å². The van der Waals surface area contributed by atoms with Crippen molar-refractivity contribution in [3.05, 3.63) is 66.9 Å². The molecule has 0 spiro atoms. The fourth-order valence-corrected chi connectivity index (χ4v) is 7.90. The molecule has 8 nitrogen and oxygen atoms in total. The molecule has 8 rings (SSSR count). The molecule has 40 heavy (non-hydrogen) atoms. The largest absolute Gasteiger partial charge is 0.491 e. The van der Waals surface area contributed by atoms with E-state index in [1.54, 1.807) is 6.20 Å². The van der Waals surface area contributed by atoms with Crippen LogP contribution in [-0.2, 0) is 0 Å². The Hall–Kier alpha value is -3.62. The molecular weight excluding hydrogens is 502 g/mol. The molecule has 4 fully saturated rings. The molecule has 8 heteroatoms. The number of amides is 2. The van der Waals surface area contributed by atoms with Gasteiger partial charge < -0.3 is 25.8 Å².